The Morgan fingerprint density at radius 2 is 0.934 bits per heavy atom. The molecular weight excluding hydrogens is 801 g/mol. The summed E-state index contributed by atoms with van der Waals surface area (Å²) in [7, 11) is -4.59. The van der Waals surface area contributed by atoms with Crippen LogP contribution < -0.4 is 17.2 Å². The Morgan fingerprint density at radius 1 is 0.525 bits per heavy atom. The summed E-state index contributed by atoms with van der Waals surface area (Å²) in [5, 5.41) is 2.39. The minimum Gasteiger partial charge on any atom is -0.462 e. The predicted molar refractivity (Wildman–Crippen MR) is 246 cm³/mol. The highest BCUT2D eigenvalue weighted by Gasteiger charge is 2.26. The summed E-state index contributed by atoms with van der Waals surface area (Å²) in [6.07, 6.45) is 35.4. The van der Waals surface area contributed by atoms with Crippen LogP contribution in [-0.4, -0.2) is 81.8 Å². The number of rotatable bonds is 47. The molecule has 0 fully saturated rings. The predicted octanol–water partition coefficient (Wildman–Crippen LogP) is 12.0. The van der Waals surface area contributed by atoms with Gasteiger partial charge in [0.05, 0.1) is 26.4 Å². The van der Waals surface area contributed by atoms with Gasteiger partial charge < -0.3 is 41.0 Å². The average Bonchev–Trinajstić information content (AvgIpc) is 3.23. The summed E-state index contributed by atoms with van der Waals surface area (Å²) in [5.74, 6) is -0.901. The third-order valence-electron chi connectivity index (χ3n) is 10.5. The van der Waals surface area contributed by atoms with Crippen molar-refractivity contribution < 1.29 is 51.8 Å². The fourth-order valence-corrected chi connectivity index (χ4v) is 7.61. The zero-order chi connectivity index (χ0) is 44.0. The summed E-state index contributed by atoms with van der Waals surface area (Å²) < 4.78 is 43.6. The second kappa shape index (κ2) is 47.7. The van der Waals surface area contributed by atoms with Crippen LogP contribution in [0.25, 0.3) is 0 Å². The lowest BCUT2D eigenvalue weighted by molar-refractivity contribution is -0.161. The van der Waals surface area contributed by atoms with Crippen LogP contribution in [0.15, 0.2) is 0 Å². The number of hydrogen-bond acceptors (Lipinski definition) is 12. The average molecular weight is 896 g/mol. The minimum atomic E-state index is -4.59. The van der Waals surface area contributed by atoms with Gasteiger partial charge in [-0.25, -0.2) is 9.36 Å². The van der Waals surface area contributed by atoms with Crippen molar-refractivity contribution in [3.05, 3.63) is 0 Å². The van der Waals surface area contributed by atoms with E-state index in [-0.39, 0.29) is 52.0 Å². The first-order valence-corrected chi connectivity index (χ1v) is 25.9. The molecule has 0 spiro atoms. The molecule has 14 nitrogen and oxygen atoms in total. The van der Waals surface area contributed by atoms with E-state index in [4.69, 9.17) is 33.7 Å². The van der Waals surface area contributed by atoms with E-state index in [1.165, 1.54) is 141 Å². The maximum atomic E-state index is 12.7. The lowest BCUT2D eigenvalue weighted by Crippen LogP contribution is -2.30. The molecule has 7 N–H and O–H groups in total. The number of esters is 2. The number of phosphoric ester groups is 1. The third-order valence-corrected chi connectivity index (χ3v) is 11.5. The van der Waals surface area contributed by atoms with Crippen LogP contribution in [0.2, 0.25) is 0 Å². The SMILES string of the molecule is CCCCCCCCCCCCCCCCCC(=O)OCC(COP(=O)(O)OCCNC(=O)OCCOCCN)OC(=O)CCCCCCCCCCCCCCCCC.N. The number of nitrogens with two attached hydrogens (primary N) is 1. The Kier molecular flexibility index (Phi) is 47.9. The quantitative estimate of drug-likeness (QED) is 0.0194. The van der Waals surface area contributed by atoms with Crippen molar-refractivity contribution in [2.24, 2.45) is 5.73 Å². The highest BCUT2D eigenvalue weighted by Crippen LogP contribution is 2.43. The number of amides is 1. The van der Waals surface area contributed by atoms with Crippen LogP contribution in [0.3, 0.4) is 0 Å². The van der Waals surface area contributed by atoms with E-state index >= 15 is 0 Å². The highest BCUT2D eigenvalue weighted by molar-refractivity contribution is 7.47. The number of ether oxygens (including phenoxy) is 4. The van der Waals surface area contributed by atoms with Crippen LogP contribution in [0, 0.1) is 0 Å². The van der Waals surface area contributed by atoms with Crippen LogP contribution >= 0.6 is 7.82 Å². The molecule has 0 aromatic heterocycles. The summed E-state index contributed by atoms with van der Waals surface area (Å²) in [5.41, 5.74) is 5.33. The smallest absolute Gasteiger partial charge is 0.462 e. The van der Waals surface area contributed by atoms with E-state index in [2.05, 4.69) is 19.2 Å². The summed E-state index contributed by atoms with van der Waals surface area (Å²) in [6.45, 7) is 4.17. The minimum absolute atomic E-state index is 0. The highest BCUT2D eigenvalue weighted by atomic mass is 31.2. The third kappa shape index (κ3) is 47.5. The van der Waals surface area contributed by atoms with Crippen molar-refractivity contribution in [1.82, 2.24) is 11.5 Å². The molecule has 2 atom stereocenters. The normalized spacial score (nSPS) is 12.7. The molecule has 0 aliphatic heterocycles. The summed E-state index contributed by atoms with van der Waals surface area (Å²) >= 11 is 0. The molecule has 0 aliphatic rings. The second-order valence-corrected chi connectivity index (χ2v) is 17.7. The number of phosphoric acid groups is 1. The Morgan fingerprint density at radius 3 is 1.36 bits per heavy atom. The number of carbonyl (C=O) groups excluding carboxylic acids is 3. The number of alkyl carbamates (subject to hydrolysis) is 1. The Balaban J connectivity index is 0. The van der Waals surface area contributed by atoms with Crippen molar-refractivity contribution in [3.63, 3.8) is 0 Å². The van der Waals surface area contributed by atoms with Gasteiger partial charge >= 0.3 is 25.9 Å². The van der Waals surface area contributed by atoms with Gasteiger partial charge in [0, 0.05) is 25.9 Å². The summed E-state index contributed by atoms with van der Waals surface area (Å²) in [4.78, 5) is 47.2. The van der Waals surface area contributed by atoms with E-state index in [1.807, 2.05) is 0 Å². The van der Waals surface area contributed by atoms with Gasteiger partial charge in [0.15, 0.2) is 6.10 Å². The number of carbonyl (C=O) groups is 3. The van der Waals surface area contributed by atoms with E-state index in [9.17, 15) is 23.8 Å². The summed E-state index contributed by atoms with van der Waals surface area (Å²) in [6, 6.07) is 0. The van der Waals surface area contributed by atoms with Gasteiger partial charge in [-0.1, -0.05) is 194 Å². The van der Waals surface area contributed by atoms with E-state index in [1.54, 1.807) is 0 Å². The van der Waals surface area contributed by atoms with E-state index in [0.29, 0.717) is 26.0 Å². The van der Waals surface area contributed by atoms with E-state index in [0.717, 1.165) is 38.5 Å². The first-order chi connectivity index (χ1) is 29.2. The topological polar surface area (TPSA) is 217 Å². The van der Waals surface area contributed by atoms with Gasteiger partial charge in [-0.15, -0.1) is 0 Å². The molecule has 0 aromatic carbocycles. The number of unbranched alkanes of at least 4 members (excludes halogenated alkanes) is 28. The Hall–Kier alpha value is -1.80. The fraction of sp³-hybridized carbons (Fsp3) is 0.935. The van der Waals surface area contributed by atoms with Crippen LogP contribution in [0.1, 0.15) is 219 Å². The molecule has 15 heteroatoms. The van der Waals surface area contributed by atoms with Gasteiger partial charge in [0.25, 0.3) is 0 Å². The lowest BCUT2D eigenvalue weighted by atomic mass is 10.0. The maximum absolute atomic E-state index is 12.7. The molecule has 61 heavy (non-hydrogen) atoms. The van der Waals surface area contributed by atoms with Gasteiger partial charge in [-0.3, -0.25) is 18.6 Å². The molecule has 364 valence electrons. The molecule has 1 amide bonds. The molecule has 2 unspecified atom stereocenters. The Bertz CT molecular complexity index is 1030. The van der Waals surface area contributed by atoms with Crippen LogP contribution in [0.4, 0.5) is 4.79 Å². The van der Waals surface area contributed by atoms with Crippen LogP contribution in [-0.2, 0) is 42.1 Å². The molecule has 0 heterocycles. The molecule has 0 saturated heterocycles. The first-order valence-electron chi connectivity index (χ1n) is 24.4. The lowest BCUT2D eigenvalue weighted by Gasteiger charge is -2.20. The molecule has 0 aliphatic carbocycles. The molecular formula is C46H94N3O11P. The van der Waals surface area contributed by atoms with Crippen molar-refractivity contribution in [1.29, 1.82) is 0 Å². The standard InChI is InChI=1S/C46H91N2O11P.H3N/c1-3-5-7-9-11-13-15-17-19-21-23-25-27-29-31-33-44(49)56-41-43(42-58-60(52,53)57-38-36-48-46(51)55-40-39-54-37-35-47)59-45(50)34-32-30-28-26-24-22-20-18-16-14-12-10-8-6-4-2;/h43H,3-42,47H2,1-2H3,(H,48,51)(H,52,53);1H3. The van der Waals surface area contributed by atoms with Gasteiger partial charge in [-0.05, 0) is 12.8 Å². The number of hydrogen-bond donors (Lipinski definition) is 4. The molecule has 0 aromatic rings. The van der Waals surface area contributed by atoms with Crippen molar-refractivity contribution in [2.75, 3.05) is 52.7 Å². The van der Waals surface area contributed by atoms with Gasteiger partial charge in [-0.2, -0.15) is 0 Å². The van der Waals surface area contributed by atoms with Crippen molar-refractivity contribution >= 4 is 25.9 Å². The van der Waals surface area contributed by atoms with Gasteiger partial charge in [0.1, 0.15) is 13.2 Å². The monoisotopic (exact) mass is 896 g/mol. The van der Waals surface area contributed by atoms with Crippen molar-refractivity contribution in [2.45, 2.75) is 225 Å². The molecule has 0 saturated carbocycles. The molecule has 0 radical (unpaired) electrons. The molecule has 0 rings (SSSR count). The largest absolute Gasteiger partial charge is 0.472 e. The second-order valence-electron chi connectivity index (χ2n) is 16.3. The van der Waals surface area contributed by atoms with Crippen molar-refractivity contribution in [3.8, 4) is 0 Å². The van der Waals surface area contributed by atoms with E-state index < -0.39 is 38.6 Å². The number of nitrogens with one attached hydrogen (secondary N) is 1. The fourth-order valence-electron chi connectivity index (χ4n) is 6.86. The zero-order valence-electron chi connectivity index (χ0n) is 39.1. The Labute approximate surface area is 372 Å². The maximum Gasteiger partial charge on any atom is 0.472 e. The van der Waals surface area contributed by atoms with Crippen LogP contribution in [0.5, 0.6) is 0 Å². The molecule has 0 bridgehead atoms. The first kappa shape index (κ1) is 61.3. The zero-order valence-corrected chi connectivity index (χ0v) is 40.0. The van der Waals surface area contributed by atoms with Gasteiger partial charge in [0.2, 0.25) is 0 Å².